The normalized spacial score (nSPS) is 20.0. The smallest absolute Gasteiger partial charge is 0.261 e. The van der Waals surface area contributed by atoms with Crippen LogP contribution in [0, 0.1) is 5.92 Å². The average Bonchev–Trinajstić information content (AvgIpc) is 3.78. The first kappa shape index (κ1) is 35.8. The number of ether oxygens (including phenoxy) is 1. The molecule has 2 fully saturated rings. The van der Waals surface area contributed by atoms with E-state index in [1.165, 1.54) is 53.4 Å². The fourth-order valence-corrected chi connectivity index (χ4v) is 10.1. The third kappa shape index (κ3) is 6.53. The van der Waals surface area contributed by atoms with Crippen molar-refractivity contribution < 1.29 is 14.3 Å². The zero-order valence-corrected chi connectivity index (χ0v) is 32.9. The van der Waals surface area contributed by atoms with E-state index in [9.17, 15) is 9.59 Å². The average molecular weight is 732 g/mol. The second kappa shape index (κ2) is 14.5. The molecule has 3 aliphatic heterocycles. The molecule has 0 radical (unpaired) electrons. The van der Waals surface area contributed by atoms with Gasteiger partial charge in [0.2, 0.25) is 0 Å². The van der Waals surface area contributed by atoms with Crippen molar-refractivity contribution in [1.29, 1.82) is 0 Å². The Labute approximate surface area is 318 Å². The highest BCUT2D eigenvalue weighted by Gasteiger charge is 2.41. The molecule has 4 aliphatic rings. The lowest BCUT2D eigenvalue weighted by Crippen LogP contribution is -2.43. The maximum Gasteiger partial charge on any atom is 0.261 e. The number of fused-ring (bicyclic) bond motifs is 7. The molecule has 8 nitrogen and oxygen atoms in total. The molecule has 2 aromatic heterocycles. The maximum absolute atomic E-state index is 14.8. The van der Waals surface area contributed by atoms with E-state index in [1.807, 2.05) is 10.7 Å². The Morgan fingerprint density at radius 1 is 1.00 bits per heavy atom. The highest BCUT2D eigenvalue weighted by Crippen LogP contribution is 2.48. The van der Waals surface area contributed by atoms with Crippen LogP contribution < -0.4 is 9.46 Å². The molecule has 1 saturated carbocycles. The Hall–Kier alpha value is -4.24. The summed E-state index contributed by atoms with van der Waals surface area (Å²) < 4.78 is 13.4. The number of nitrogens with one attached hydrogen (secondary N) is 1. The van der Waals surface area contributed by atoms with Gasteiger partial charge in [0.15, 0.2) is 0 Å². The summed E-state index contributed by atoms with van der Waals surface area (Å²) in [7, 11) is 1.72. The van der Waals surface area contributed by atoms with E-state index in [1.54, 1.807) is 13.3 Å². The zero-order valence-electron chi connectivity index (χ0n) is 32.1. The molecule has 278 valence electrons. The van der Waals surface area contributed by atoms with Gasteiger partial charge in [-0.3, -0.25) is 19.0 Å². The van der Waals surface area contributed by atoms with Gasteiger partial charge in [0.1, 0.15) is 5.75 Å². The second-order valence-corrected chi connectivity index (χ2v) is 17.2. The molecule has 2 atom stereocenters. The van der Waals surface area contributed by atoms with Gasteiger partial charge in [-0.15, -0.1) is 0 Å². The SMILES string of the molecule is COc1ccc2c(c1)C=C(c1c(C(=O)N3C4C=C(C)CC3CC4)cnn1C(C)C)Cn1c-2c(C2CCCCC2)c2ccc(C(=O)NSCC(C)C)cc21. The summed E-state index contributed by atoms with van der Waals surface area (Å²) in [5, 5.41) is 6.12. The molecular weight excluding hydrogens is 679 g/mol. The number of benzene rings is 2. The van der Waals surface area contributed by atoms with Gasteiger partial charge in [-0.2, -0.15) is 5.10 Å². The van der Waals surface area contributed by atoms with E-state index in [-0.39, 0.29) is 29.9 Å². The number of nitrogens with zero attached hydrogens (tertiary/aromatic N) is 4. The van der Waals surface area contributed by atoms with Crippen LogP contribution in [-0.2, 0) is 6.54 Å². The van der Waals surface area contributed by atoms with Crippen LogP contribution in [0.3, 0.4) is 0 Å². The molecule has 1 N–H and O–H groups in total. The van der Waals surface area contributed by atoms with E-state index in [4.69, 9.17) is 9.84 Å². The number of carbonyl (C=O) groups excluding carboxylic acids is 2. The van der Waals surface area contributed by atoms with Crippen molar-refractivity contribution in [2.24, 2.45) is 5.92 Å². The van der Waals surface area contributed by atoms with E-state index in [0.717, 1.165) is 71.5 Å². The summed E-state index contributed by atoms with van der Waals surface area (Å²) >= 11 is 1.47. The Kier molecular flexibility index (Phi) is 9.81. The summed E-state index contributed by atoms with van der Waals surface area (Å²) in [5.74, 6) is 2.54. The van der Waals surface area contributed by atoms with Crippen molar-refractivity contribution in [1.82, 2.24) is 24.0 Å². The minimum Gasteiger partial charge on any atom is -0.497 e. The Morgan fingerprint density at radius 2 is 1.81 bits per heavy atom. The van der Waals surface area contributed by atoms with Crippen molar-refractivity contribution in [3.05, 3.63) is 82.2 Å². The maximum atomic E-state index is 14.8. The van der Waals surface area contributed by atoms with Crippen LogP contribution in [0.5, 0.6) is 5.75 Å². The zero-order chi connectivity index (χ0) is 37.0. The van der Waals surface area contributed by atoms with Crippen molar-refractivity contribution in [2.75, 3.05) is 12.9 Å². The minimum absolute atomic E-state index is 0.0398. The predicted octanol–water partition coefficient (Wildman–Crippen LogP) is 10.1. The largest absolute Gasteiger partial charge is 0.497 e. The molecule has 5 heterocycles. The first-order valence-electron chi connectivity index (χ1n) is 19.7. The van der Waals surface area contributed by atoms with Gasteiger partial charge >= 0.3 is 0 Å². The Bertz CT molecular complexity index is 2130. The highest BCUT2D eigenvalue weighted by atomic mass is 32.2. The lowest BCUT2D eigenvalue weighted by atomic mass is 9.81. The predicted molar refractivity (Wildman–Crippen MR) is 216 cm³/mol. The summed E-state index contributed by atoms with van der Waals surface area (Å²) in [4.78, 5) is 30.5. The van der Waals surface area contributed by atoms with E-state index in [0.29, 0.717) is 29.5 Å². The molecule has 1 aliphatic carbocycles. The van der Waals surface area contributed by atoms with Gasteiger partial charge in [-0.05, 0) is 130 Å². The summed E-state index contributed by atoms with van der Waals surface area (Å²) in [6.45, 7) is 11.3. The van der Waals surface area contributed by atoms with Crippen molar-refractivity contribution in [3.8, 4) is 17.0 Å². The van der Waals surface area contributed by atoms with Gasteiger partial charge in [0.25, 0.3) is 11.8 Å². The lowest BCUT2D eigenvalue weighted by Gasteiger charge is -2.33. The molecule has 1 saturated heterocycles. The van der Waals surface area contributed by atoms with Crippen molar-refractivity contribution in [2.45, 2.75) is 117 Å². The molecule has 8 rings (SSSR count). The summed E-state index contributed by atoms with van der Waals surface area (Å²) in [5.41, 5.74) is 10.4. The standard InChI is InChI=1S/C44H53N5O3S/c1-26(2)25-53-46-43(50)30-12-16-37-39(22-30)47-24-32(20-31-21-35(52-6)15-17-36(31)42(47)40(37)29-10-8-7-9-11-29)41-38(23-45-49(41)27(3)4)44(51)48-33-13-14-34(48)19-28(5)18-33/h12,15-18,20-23,26-27,29,33-34H,7-11,13-14,19,24-25H2,1-6H3,(H,46,50). The summed E-state index contributed by atoms with van der Waals surface area (Å²) in [6.07, 6.45) is 15.3. The number of amides is 2. The molecule has 2 bridgehead atoms. The monoisotopic (exact) mass is 731 g/mol. The van der Waals surface area contributed by atoms with Crippen molar-refractivity contribution in [3.63, 3.8) is 0 Å². The number of allylic oxidation sites excluding steroid dienone is 1. The van der Waals surface area contributed by atoms with Crippen LogP contribution >= 0.6 is 11.9 Å². The van der Waals surface area contributed by atoms with Crippen LogP contribution in [0.1, 0.15) is 135 Å². The molecule has 9 heteroatoms. The van der Waals surface area contributed by atoms with Gasteiger partial charge in [-0.25, -0.2) is 0 Å². The highest BCUT2D eigenvalue weighted by molar-refractivity contribution is 7.97. The number of methoxy groups -OCH3 is 1. The Morgan fingerprint density at radius 3 is 2.55 bits per heavy atom. The molecular formula is C44H53N5O3S. The summed E-state index contributed by atoms with van der Waals surface area (Å²) in [6, 6.07) is 13.1. The van der Waals surface area contributed by atoms with E-state index >= 15 is 0 Å². The molecule has 53 heavy (non-hydrogen) atoms. The van der Waals surface area contributed by atoms with Crippen LogP contribution in [0.4, 0.5) is 0 Å². The number of hydrogen-bond acceptors (Lipinski definition) is 5. The molecule has 0 spiro atoms. The minimum atomic E-state index is -0.0759. The van der Waals surface area contributed by atoms with Crippen LogP contribution in [0.25, 0.3) is 33.8 Å². The number of rotatable bonds is 9. The first-order valence-corrected chi connectivity index (χ1v) is 20.7. The molecule has 2 unspecified atom stereocenters. The molecule has 2 amide bonds. The fraction of sp³-hybridized carbons (Fsp3) is 0.477. The number of aromatic nitrogens is 3. The first-order chi connectivity index (χ1) is 25.6. The lowest BCUT2D eigenvalue weighted by molar-refractivity contribution is 0.0684. The van der Waals surface area contributed by atoms with E-state index in [2.05, 4.69) is 91.3 Å². The third-order valence-corrected chi connectivity index (χ3v) is 12.9. The number of carbonyl (C=O) groups is 2. The second-order valence-electron chi connectivity index (χ2n) is 16.3. The topological polar surface area (TPSA) is 81.4 Å². The van der Waals surface area contributed by atoms with E-state index < -0.39 is 0 Å². The van der Waals surface area contributed by atoms with Crippen LogP contribution in [0.2, 0.25) is 0 Å². The van der Waals surface area contributed by atoms with Crippen molar-refractivity contribution >= 4 is 46.3 Å². The molecule has 2 aromatic carbocycles. The van der Waals surface area contributed by atoms with Crippen LogP contribution in [0.15, 0.2) is 54.2 Å². The van der Waals surface area contributed by atoms with Gasteiger partial charge in [-0.1, -0.05) is 50.8 Å². The van der Waals surface area contributed by atoms with Gasteiger partial charge in [0.05, 0.1) is 42.8 Å². The van der Waals surface area contributed by atoms with Gasteiger partial charge < -0.3 is 14.2 Å². The van der Waals surface area contributed by atoms with Gasteiger partial charge in [0, 0.05) is 39.9 Å². The van der Waals surface area contributed by atoms with Crippen LogP contribution in [-0.4, -0.2) is 56.0 Å². The Balaban J connectivity index is 1.33. The third-order valence-electron chi connectivity index (χ3n) is 11.8. The number of hydrogen-bond donors (Lipinski definition) is 1. The fourth-order valence-electron chi connectivity index (χ4n) is 9.39. The molecule has 4 aromatic rings. The quantitative estimate of drug-likeness (QED) is 0.137.